The molecule has 3 aromatic carbocycles. The number of rotatable bonds is 9. The Bertz CT molecular complexity index is 1590. The molecule has 0 radical (unpaired) electrons. The van der Waals surface area contributed by atoms with Crippen molar-refractivity contribution in [2.45, 2.75) is 52.6 Å². The van der Waals surface area contributed by atoms with Crippen molar-refractivity contribution in [1.82, 2.24) is 25.1 Å². The zero-order chi connectivity index (χ0) is 26.8. The summed E-state index contributed by atoms with van der Waals surface area (Å²) >= 11 is 0. The fraction of sp³-hybridized carbons (Fsp3) is 0.312. The number of hydrogen-bond donors (Lipinski definition) is 2. The van der Waals surface area contributed by atoms with Crippen molar-refractivity contribution in [3.63, 3.8) is 0 Å². The monoisotopic (exact) mass is 523 g/mol. The van der Waals surface area contributed by atoms with Gasteiger partial charge < -0.3 is 9.72 Å². The highest BCUT2D eigenvalue weighted by Gasteiger charge is 2.23. The predicted molar refractivity (Wildman–Crippen MR) is 153 cm³/mol. The molecule has 0 saturated carbocycles. The molecule has 2 aromatic heterocycles. The van der Waals surface area contributed by atoms with E-state index in [2.05, 4.69) is 70.3 Å². The van der Waals surface area contributed by atoms with Gasteiger partial charge in [0.25, 0.3) is 0 Å². The molecule has 0 spiro atoms. The van der Waals surface area contributed by atoms with Gasteiger partial charge in [0.2, 0.25) is 0 Å². The molecule has 6 nitrogen and oxygen atoms in total. The second-order valence-electron chi connectivity index (χ2n) is 10.3. The van der Waals surface area contributed by atoms with Gasteiger partial charge in [0.1, 0.15) is 5.69 Å². The first-order chi connectivity index (χ1) is 19.1. The molecule has 0 bridgehead atoms. The number of ether oxygens (including phenoxy) is 1. The smallest absolute Gasteiger partial charge is 0.165 e. The van der Waals surface area contributed by atoms with Crippen LogP contribution in [-0.2, 0) is 25.9 Å². The van der Waals surface area contributed by atoms with Gasteiger partial charge in [0, 0.05) is 37.1 Å². The summed E-state index contributed by atoms with van der Waals surface area (Å²) < 4.78 is 20.6. The fourth-order valence-corrected chi connectivity index (χ4v) is 5.39. The van der Waals surface area contributed by atoms with Gasteiger partial charge >= 0.3 is 0 Å². The quantitative estimate of drug-likeness (QED) is 0.203. The summed E-state index contributed by atoms with van der Waals surface area (Å²) in [5, 5.41) is 8.79. The highest BCUT2D eigenvalue weighted by atomic mass is 19.1. The molecule has 1 aliphatic heterocycles. The summed E-state index contributed by atoms with van der Waals surface area (Å²) in [6, 6.07) is 20.1. The van der Waals surface area contributed by atoms with E-state index in [0.29, 0.717) is 12.4 Å². The average Bonchev–Trinajstić information content (AvgIpc) is 3.57. The van der Waals surface area contributed by atoms with Gasteiger partial charge in [0.05, 0.1) is 17.8 Å². The zero-order valence-electron chi connectivity index (χ0n) is 22.6. The molecule has 0 amide bonds. The molecule has 0 aliphatic carbocycles. The van der Waals surface area contributed by atoms with Gasteiger partial charge in [-0.05, 0) is 59.4 Å². The lowest BCUT2D eigenvalue weighted by Crippen LogP contribution is -2.30. The number of halogens is 1. The number of unbranched alkanes of at least 4 members (excludes halogenated alkanes) is 1. The number of benzene rings is 3. The summed E-state index contributed by atoms with van der Waals surface area (Å²) in [6.07, 6.45) is 3.64. The maximum atomic E-state index is 14.9. The highest BCUT2D eigenvalue weighted by molar-refractivity contribution is 5.94. The van der Waals surface area contributed by atoms with Crippen molar-refractivity contribution < 1.29 is 9.13 Å². The van der Waals surface area contributed by atoms with Crippen LogP contribution < -0.4 is 4.74 Å². The van der Waals surface area contributed by atoms with Crippen molar-refractivity contribution in [3.8, 4) is 28.4 Å². The highest BCUT2D eigenvalue weighted by Crippen LogP contribution is 2.34. The van der Waals surface area contributed by atoms with Crippen molar-refractivity contribution in [3.05, 3.63) is 89.0 Å². The third kappa shape index (κ3) is 5.19. The number of aryl methyl sites for hydroxylation is 1. The molecule has 3 heterocycles. The van der Waals surface area contributed by atoms with Gasteiger partial charge in [-0.1, -0.05) is 56.7 Å². The lowest BCUT2D eigenvalue weighted by molar-refractivity contribution is 0.241. The molecule has 39 heavy (non-hydrogen) atoms. The van der Waals surface area contributed by atoms with Crippen LogP contribution in [0.4, 0.5) is 4.39 Å². The second kappa shape index (κ2) is 11.0. The third-order valence-corrected chi connectivity index (χ3v) is 7.56. The maximum Gasteiger partial charge on any atom is 0.165 e. The van der Waals surface area contributed by atoms with Crippen LogP contribution in [0, 0.1) is 5.82 Å². The fourth-order valence-electron chi connectivity index (χ4n) is 5.39. The van der Waals surface area contributed by atoms with Crippen LogP contribution in [0.1, 0.15) is 49.2 Å². The largest absolute Gasteiger partial charge is 0.491 e. The summed E-state index contributed by atoms with van der Waals surface area (Å²) in [5.74, 6) is 0.790. The average molecular weight is 524 g/mol. The number of hydrogen-bond acceptors (Lipinski definition) is 4. The first-order valence-electron chi connectivity index (χ1n) is 13.9. The molecule has 7 heteroatoms. The van der Waals surface area contributed by atoms with Crippen LogP contribution in [0.2, 0.25) is 0 Å². The Kier molecular flexibility index (Phi) is 7.16. The minimum atomic E-state index is -0.328. The summed E-state index contributed by atoms with van der Waals surface area (Å²) in [5.41, 5.74) is 8.18. The first-order valence-corrected chi connectivity index (χ1v) is 13.9. The molecule has 0 atom stereocenters. The van der Waals surface area contributed by atoms with E-state index in [9.17, 15) is 4.39 Å². The Morgan fingerprint density at radius 1 is 1.05 bits per heavy atom. The molecule has 2 N–H and O–H groups in total. The van der Waals surface area contributed by atoms with Crippen molar-refractivity contribution in [1.29, 1.82) is 0 Å². The van der Waals surface area contributed by atoms with E-state index in [1.165, 1.54) is 11.3 Å². The van der Waals surface area contributed by atoms with Crippen LogP contribution in [0.25, 0.3) is 33.5 Å². The minimum Gasteiger partial charge on any atom is -0.491 e. The summed E-state index contributed by atoms with van der Waals surface area (Å²) in [7, 11) is 0. The molecule has 0 unspecified atom stereocenters. The lowest BCUT2D eigenvalue weighted by Gasteiger charge is -2.25. The minimum absolute atomic E-state index is 0.328. The Morgan fingerprint density at radius 3 is 2.74 bits per heavy atom. The Hall–Kier alpha value is -3.97. The molecule has 1 aliphatic rings. The van der Waals surface area contributed by atoms with Gasteiger partial charge in [-0.2, -0.15) is 5.10 Å². The summed E-state index contributed by atoms with van der Waals surface area (Å²) in [6.45, 7) is 7.43. The van der Waals surface area contributed by atoms with Gasteiger partial charge in [-0.25, -0.2) is 9.37 Å². The van der Waals surface area contributed by atoms with Crippen molar-refractivity contribution >= 4 is 10.9 Å². The number of imidazole rings is 1. The second-order valence-corrected chi connectivity index (χ2v) is 10.3. The number of nitrogens with zero attached hydrogens (tertiary/aromatic N) is 3. The number of fused-ring (bicyclic) bond motifs is 2. The van der Waals surface area contributed by atoms with E-state index in [1.807, 2.05) is 18.2 Å². The van der Waals surface area contributed by atoms with E-state index >= 15 is 0 Å². The molecule has 5 aromatic rings. The maximum absolute atomic E-state index is 14.9. The van der Waals surface area contributed by atoms with E-state index in [-0.39, 0.29) is 5.82 Å². The number of aromatic amines is 2. The molecule has 200 valence electrons. The van der Waals surface area contributed by atoms with Gasteiger partial charge in [-0.3, -0.25) is 10.00 Å². The van der Waals surface area contributed by atoms with Crippen LogP contribution in [0.15, 0.2) is 60.7 Å². The lowest BCUT2D eigenvalue weighted by atomic mass is 9.96. The summed E-state index contributed by atoms with van der Waals surface area (Å²) in [4.78, 5) is 10.9. The Labute approximate surface area is 228 Å². The molecule has 0 saturated heterocycles. The number of aromatic nitrogens is 4. The topological polar surface area (TPSA) is 69.8 Å². The van der Waals surface area contributed by atoms with Gasteiger partial charge in [0.15, 0.2) is 17.4 Å². The molecular weight excluding hydrogens is 489 g/mol. The van der Waals surface area contributed by atoms with E-state index in [4.69, 9.17) is 9.72 Å². The van der Waals surface area contributed by atoms with E-state index < -0.39 is 0 Å². The standard InChI is InChI=1S/C32H34FN5O/c1-3-5-15-39-30-17-22(4-2)25(18-26(30)33)23-11-12-24-28(16-23)36-37-31(24)32-34-27-13-14-38(20-29(27)35-32)19-21-9-7-6-8-10-21/h6-12,16-18H,3-5,13-15,19-20H2,1-2H3,(H,34,35)(H,36,37). The third-order valence-electron chi connectivity index (χ3n) is 7.56. The van der Waals surface area contributed by atoms with Crippen LogP contribution in [0.3, 0.4) is 0 Å². The van der Waals surface area contributed by atoms with Crippen molar-refractivity contribution in [2.24, 2.45) is 0 Å². The van der Waals surface area contributed by atoms with Crippen LogP contribution >= 0.6 is 0 Å². The number of nitrogens with one attached hydrogen (secondary N) is 2. The normalized spacial score (nSPS) is 13.6. The first kappa shape index (κ1) is 25.3. The van der Waals surface area contributed by atoms with E-state index in [1.54, 1.807) is 6.07 Å². The predicted octanol–water partition coefficient (Wildman–Crippen LogP) is 7.06. The zero-order valence-corrected chi connectivity index (χ0v) is 22.6. The SMILES string of the molecule is CCCCOc1cc(CC)c(-c2ccc3c(-c4nc5c([nH]4)CCN(Cc4ccccc4)C5)n[nH]c3c2)cc1F. The Morgan fingerprint density at radius 2 is 1.92 bits per heavy atom. The van der Waals surface area contributed by atoms with Crippen LogP contribution in [0.5, 0.6) is 5.75 Å². The molecular formula is C32H34FN5O. The molecule has 6 rings (SSSR count). The Balaban J connectivity index is 1.25. The van der Waals surface area contributed by atoms with Crippen LogP contribution in [-0.4, -0.2) is 38.2 Å². The van der Waals surface area contributed by atoms with Crippen molar-refractivity contribution in [2.75, 3.05) is 13.2 Å². The molecule has 0 fully saturated rings. The number of H-pyrrole nitrogens is 2. The van der Waals surface area contributed by atoms with E-state index in [0.717, 1.165) is 90.1 Å². The van der Waals surface area contributed by atoms with Gasteiger partial charge in [-0.15, -0.1) is 0 Å².